The van der Waals surface area contributed by atoms with Crippen molar-refractivity contribution in [2.45, 2.75) is 25.9 Å². The van der Waals surface area contributed by atoms with Crippen molar-refractivity contribution in [3.05, 3.63) is 59.2 Å². The fourth-order valence-corrected chi connectivity index (χ4v) is 3.29. The molecule has 1 heterocycles. The lowest BCUT2D eigenvalue weighted by Gasteiger charge is -2.35. The fourth-order valence-electron chi connectivity index (χ4n) is 3.29. The number of nitrogens with one attached hydrogen (secondary N) is 1. The molecule has 0 radical (unpaired) electrons. The van der Waals surface area contributed by atoms with Crippen LogP contribution in [-0.4, -0.2) is 50.5 Å². The molecule has 0 saturated carbocycles. The minimum Gasteiger partial charge on any atom is -0.489 e. The summed E-state index contributed by atoms with van der Waals surface area (Å²) >= 11 is 0. The van der Waals surface area contributed by atoms with Crippen molar-refractivity contribution >= 4 is 17.5 Å². The summed E-state index contributed by atoms with van der Waals surface area (Å²) in [6, 6.07) is 13.3. The highest BCUT2D eigenvalue weighted by Gasteiger charge is 2.27. The van der Waals surface area contributed by atoms with Crippen molar-refractivity contribution in [2.75, 3.05) is 32.6 Å². The fraction of sp³-hybridized carbons (Fsp3) is 0.364. The number of carbonyl (C=O) groups excluding carboxylic acids is 2. The number of ether oxygens (including phenoxy) is 1. The van der Waals surface area contributed by atoms with E-state index < -0.39 is 0 Å². The van der Waals surface area contributed by atoms with Crippen LogP contribution in [0.5, 0.6) is 5.75 Å². The molecule has 0 unspecified atom stereocenters. The van der Waals surface area contributed by atoms with Crippen LogP contribution < -0.4 is 15.0 Å². The highest BCUT2D eigenvalue weighted by atomic mass is 16.5. The van der Waals surface area contributed by atoms with Gasteiger partial charge in [-0.05, 0) is 36.2 Å². The number of amides is 2. The summed E-state index contributed by atoms with van der Waals surface area (Å²) in [4.78, 5) is 28.3. The van der Waals surface area contributed by atoms with Crippen molar-refractivity contribution in [3.8, 4) is 5.75 Å². The Morgan fingerprint density at radius 3 is 2.68 bits per heavy atom. The topological polar surface area (TPSA) is 61.9 Å². The molecule has 28 heavy (non-hydrogen) atoms. The van der Waals surface area contributed by atoms with Gasteiger partial charge in [0, 0.05) is 33.3 Å². The summed E-state index contributed by atoms with van der Waals surface area (Å²) in [5, 5.41) is 2.99. The van der Waals surface area contributed by atoms with Gasteiger partial charge in [0.2, 0.25) is 5.91 Å². The molecule has 2 amide bonds. The van der Waals surface area contributed by atoms with Crippen LogP contribution in [0.25, 0.3) is 0 Å². The third-order valence-electron chi connectivity index (χ3n) is 5.13. The molecule has 2 aromatic carbocycles. The normalized spacial score (nSPS) is 15.4. The zero-order chi connectivity index (χ0) is 20.3. The standard InChI is InChI=1S/C22H27N3O3/c1-15-7-5-6-8-17(15)13-23-21(26)12-18-14-28-20-10-9-16(22(27)24(2)3)11-19(20)25(18)4/h5-11,18H,12-14H2,1-4H3,(H,23,26)/t18-/m1/s1. The van der Waals surface area contributed by atoms with Gasteiger partial charge in [0.1, 0.15) is 12.4 Å². The molecule has 1 aliphatic heterocycles. The predicted octanol–water partition coefficient (Wildman–Crippen LogP) is 2.60. The smallest absolute Gasteiger partial charge is 0.253 e. The summed E-state index contributed by atoms with van der Waals surface area (Å²) in [5.74, 6) is 0.649. The van der Waals surface area contributed by atoms with Crippen LogP contribution in [0.4, 0.5) is 5.69 Å². The molecule has 6 heteroatoms. The number of rotatable bonds is 5. The molecule has 2 aromatic rings. The minimum atomic E-state index is -0.0888. The van der Waals surface area contributed by atoms with E-state index in [0.29, 0.717) is 25.1 Å². The Balaban J connectivity index is 1.65. The van der Waals surface area contributed by atoms with Crippen molar-refractivity contribution in [3.63, 3.8) is 0 Å². The van der Waals surface area contributed by atoms with E-state index >= 15 is 0 Å². The number of carbonyl (C=O) groups is 2. The number of anilines is 1. The SMILES string of the molecule is Cc1ccccc1CNC(=O)C[C@@H]1COc2ccc(C(=O)N(C)C)cc2N1C. The molecule has 3 rings (SSSR count). The molecule has 0 aromatic heterocycles. The quantitative estimate of drug-likeness (QED) is 0.865. The van der Waals surface area contributed by atoms with Crippen molar-refractivity contribution in [1.29, 1.82) is 0 Å². The zero-order valence-electron chi connectivity index (χ0n) is 16.9. The van der Waals surface area contributed by atoms with E-state index in [4.69, 9.17) is 4.74 Å². The molecular formula is C22H27N3O3. The second kappa shape index (κ2) is 8.33. The van der Waals surface area contributed by atoms with Gasteiger partial charge in [-0.25, -0.2) is 0 Å². The molecule has 148 valence electrons. The molecule has 1 N–H and O–H groups in total. The predicted molar refractivity (Wildman–Crippen MR) is 110 cm³/mol. The summed E-state index contributed by atoms with van der Waals surface area (Å²) in [6.45, 7) is 2.98. The van der Waals surface area contributed by atoms with Gasteiger partial charge in [-0.15, -0.1) is 0 Å². The van der Waals surface area contributed by atoms with Crippen LogP contribution in [0, 0.1) is 6.92 Å². The van der Waals surface area contributed by atoms with Crippen molar-refractivity contribution < 1.29 is 14.3 Å². The Morgan fingerprint density at radius 1 is 1.21 bits per heavy atom. The van der Waals surface area contributed by atoms with E-state index in [1.54, 1.807) is 25.1 Å². The Bertz CT molecular complexity index is 879. The van der Waals surface area contributed by atoms with E-state index in [1.807, 2.05) is 55.3 Å². The van der Waals surface area contributed by atoms with Gasteiger partial charge >= 0.3 is 0 Å². The average Bonchev–Trinajstić information content (AvgIpc) is 2.68. The molecule has 0 spiro atoms. The van der Waals surface area contributed by atoms with Crippen molar-refractivity contribution in [1.82, 2.24) is 10.2 Å². The largest absolute Gasteiger partial charge is 0.489 e. The van der Waals surface area contributed by atoms with Gasteiger partial charge in [-0.2, -0.15) is 0 Å². The lowest BCUT2D eigenvalue weighted by molar-refractivity contribution is -0.121. The van der Waals surface area contributed by atoms with Crippen LogP contribution in [-0.2, 0) is 11.3 Å². The Labute approximate surface area is 166 Å². The third kappa shape index (κ3) is 4.27. The molecule has 1 atom stereocenters. The van der Waals surface area contributed by atoms with E-state index in [2.05, 4.69) is 5.32 Å². The van der Waals surface area contributed by atoms with Gasteiger partial charge in [0.25, 0.3) is 5.91 Å². The Kier molecular flexibility index (Phi) is 5.87. The first-order chi connectivity index (χ1) is 13.4. The maximum absolute atomic E-state index is 12.5. The lowest BCUT2D eigenvalue weighted by Crippen LogP contribution is -2.43. The number of likely N-dealkylation sites (N-methyl/N-ethyl adjacent to an activating group) is 1. The lowest BCUT2D eigenvalue weighted by atomic mass is 10.1. The molecule has 0 saturated heterocycles. The number of nitrogens with zero attached hydrogens (tertiary/aromatic N) is 2. The Hall–Kier alpha value is -3.02. The minimum absolute atomic E-state index is 0.0207. The second-order valence-electron chi connectivity index (χ2n) is 7.37. The molecular weight excluding hydrogens is 354 g/mol. The summed E-state index contributed by atoms with van der Waals surface area (Å²) < 4.78 is 5.84. The van der Waals surface area contributed by atoms with Gasteiger partial charge in [-0.3, -0.25) is 9.59 Å². The van der Waals surface area contributed by atoms with Gasteiger partial charge in [0.05, 0.1) is 18.2 Å². The van der Waals surface area contributed by atoms with Crippen LogP contribution >= 0.6 is 0 Å². The average molecular weight is 381 g/mol. The number of hydrogen-bond donors (Lipinski definition) is 1. The van der Waals surface area contributed by atoms with Crippen molar-refractivity contribution in [2.24, 2.45) is 0 Å². The maximum atomic E-state index is 12.5. The number of benzene rings is 2. The summed E-state index contributed by atoms with van der Waals surface area (Å²) in [6.07, 6.45) is 0.327. The second-order valence-corrected chi connectivity index (χ2v) is 7.37. The van der Waals surface area contributed by atoms with E-state index in [1.165, 1.54) is 0 Å². The monoisotopic (exact) mass is 381 g/mol. The first-order valence-corrected chi connectivity index (χ1v) is 9.39. The van der Waals surface area contributed by atoms with E-state index in [-0.39, 0.29) is 17.9 Å². The van der Waals surface area contributed by atoms with Crippen LogP contribution in [0.15, 0.2) is 42.5 Å². The van der Waals surface area contributed by atoms with Gasteiger partial charge in [0.15, 0.2) is 0 Å². The molecule has 0 aliphatic carbocycles. The first-order valence-electron chi connectivity index (χ1n) is 9.39. The first kappa shape index (κ1) is 19.7. The van der Waals surface area contributed by atoms with Gasteiger partial charge in [-0.1, -0.05) is 24.3 Å². The van der Waals surface area contributed by atoms with E-state index in [9.17, 15) is 9.59 Å². The third-order valence-corrected chi connectivity index (χ3v) is 5.13. The molecule has 0 fully saturated rings. The highest BCUT2D eigenvalue weighted by molar-refractivity contribution is 5.95. The summed E-state index contributed by atoms with van der Waals surface area (Å²) in [7, 11) is 5.39. The Morgan fingerprint density at radius 2 is 1.96 bits per heavy atom. The van der Waals surface area contributed by atoms with Gasteiger partial charge < -0.3 is 19.9 Å². The number of aryl methyl sites for hydroxylation is 1. The zero-order valence-corrected chi connectivity index (χ0v) is 16.9. The molecule has 1 aliphatic rings. The number of fused-ring (bicyclic) bond motifs is 1. The van der Waals surface area contributed by atoms with E-state index in [0.717, 1.165) is 22.6 Å². The molecule has 6 nitrogen and oxygen atoms in total. The van der Waals surface area contributed by atoms with Crippen LogP contribution in [0.1, 0.15) is 27.9 Å². The summed E-state index contributed by atoms with van der Waals surface area (Å²) in [5.41, 5.74) is 3.70. The molecule has 0 bridgehead atoms. The maximum Gasteiger partial charge on any atom is 0.253 e. The van der Waals surface area contributed by atoms with Crippen LogP contribution in [0.3, 0.4) is 0 Å². The number of hydrogen-bond acceptors (Lipinski definition) is 4. The highest BCUT2D eigenvalue weighted by Crippen LogP contribution is 2.34. The van der Waals surface area contributed by atoms with Crippen LogP contribution in [0.2, 0.25) is 0 Å².